The maximum Gasteiger partial charge on any atom is 0.394 e. The second kappa shape index (κ2) is 3.17. The molecule has 1 unspecified atom stereocenters. The highest BCUT2D eigenvalue weighted by Gasteiger charge is 2.48. The van der Waals surface area contributed by atoms with E-state index in [2.05, 4.69) is 0 Å². The monoisotopic (exact) mass is 196 g/mol. The van der Waals surface area contributed by atoms with E-state index >= 15 is 0 Å². The first-order valence-corrected chi connectivity index (χ1v) is 3.92. The lowest BCUT2D eigenvalue weighted by molar-refractivity contribution is -0.213. The number of rotatable bonds is 2. The number of halogens is 3. The molecule has 0 aromatic rings. The largest absolute Gasteiger partial charge is 0.394 e. The average Bonchev–Trinajstić information content (AvgIpc) is 1.79. The first-order valence-electron chi connectivity index (χ1n) is 3.92. The van der Waals surface area contributed by atoms with Gasteiger partial charge in [-0.15, -0.1) is 0 Å². The van der Waals surface area contributed by atoms with E-state index in [1.165, 1.54) is 11.8 Å². The van der Waals surface area contributed by atoms with E-state index in [4.69, 9.17) is 5.73 Å². The molecule has 0 bridgehead atoms. The van der Waals surface area contributed by atoms with E-state index in [1.54, 1.807) is 0 Å². The number of carbonyl (C=O) groups is 1. The van der Waals surface area contributed by atoms with Gasteiger partial charge in [-0.25, -0.2) is 0 Å². The Kier molecular flexibility index (Phi) is 2.51. The normalized spacial score (nSPS) is 22.5. The number of carbonyl (C=O) groups excluding carboxylic acids is 1. The molecule has 0 spiro atoms. The van der Waals surface area contributed by atoms with E-state index in [9.17, 15) is 18.0 Å². The minimum Gasteiger partial charge on any atom is -0.368 e. The van der Waals surface area contributed by atoms with E-state index < -0.39 is 24.0 Å². The Labute approximate surface area is 73.7 Å². The van der Waals surface area contributed by atoms with Crippen molar-refractivity contribution < 1.29 is 18.0 Å². The molecule has 0 saturated carbocycles. The summed E-state index contributed by atoms with van der Waals surface area (Å²) in [5, 5.41) is 0. The van der Waals surface area contributed by atoms with Crippen LogP contribution in [0.1, 0.15) is 6.92 Å². The Balaban J connectivity index is 2.38. The molecule has 0 radical (unpaired) electrons. The number of alkyl halides is 3. The maximum absolute atomic E-state index is 12.0. The van der Waals surface area contributed by atoms with Crippen molar-refractivity contribution in [2.24, 2.45) is 11.7 Å². The molecule has 6 heteroatoms. The van der Waals surface area contributed by atoms with Crippen LogP contribution in [0.15, 0.2) is 0 Å². The Hall–Kier alpha value is -0.780. The standard InChI is InChI=1S/C7H11F3N2O/c1-4(6(11)13)12-2-5(3-12)7(8,9)10/h4-5H,2-3H2,1H3,(H2,11,13). The molecule has 3 nitrogen and oxygen atoms in total. The average molecular weight is 196 g/mol. The van der Waals surface area contributed by atoms with Crippen LogP contribution in [0.25, 0.3) is 0 Å². The van der Waals surface area contributed by atoms with Gasteiger partial charge in [-0.3, -0.25) is 9.69 Å². The van der Waals surface area contributed by atoms with Crippen molar-refractivity contribution in [3.63, 3.8) is 0 Å². The van der Waals surface area contributed by atoms with Gasteiger partial charge in [0.1, 0.15) is 0 Å². The van der Waals surface area contributed by atoms with Crippen LogP contribution >= 0.6 is 0 Å². The molecule has 1 aliphatic rings. The van der Waals surface area contributed by atoms with Gasteiger partial charge in [0, 0.05) is 13.1 Å². The van der Waals surface area contributed by atoms with Crippen molar-refractivity contribution in [2.75, 3.05) is 13.1 Å². The molecule has 1 atom stereocenters. The van der Waals surface area contributed by atoms with Crippen LogP contribution in [-0.4, -0.2) is 36.1 Å². The van der Waals surface area contributed by atoms with Crippen molar-refractivity contribution in [1.82, 2.24) is 4.90 Å². The molecule has 0 aliphatic carbocycles. The molecule has 1 saturated heterocycles. The maximum atomic E-state index is 12.0. The molecule has 0 aromatic carbocycles. The Bertz CT molecular complexity index is 210. The molecule has 13 heavy (non-hydrogen) atoms. The van der Waals surface area contributed by atoms with E-state index in [0.29, 0.717) is 0 Å². The predicted octanol–water partition coefficient (Wildman–Crippen LogP) is 0.354. The molecule has 76 valence electrons. The van der Waals surface area contributed by atoms with Crippen molar-refractivity contribution in [3.05, 3.63) is 0 Å². The number of likely N-dealkylation sites (tertiary alicyclic amines) is 1. The minimum atomic E-state index is -4.14. The van der Waals surface area contributed by atoms with Crippen molar-refractivity contribution >= 4 is 5.91 Å². The third kappa shape index (κ3) is 2.12. The molecule has 2 N–H and O–H groups in total. The van der Waals surface area contributed by atoms with Crippen molar-refractivity contribution in [3.8, 4) is 0 Å². The van der Waals surface area contributed by atoms with Crippen LogP contribution < -0.4 is 5.73 Å². The van der Waals surface area contributed by atoms with Crippen LogP contribution in [0.5, 0.6) is 0 Å². The number of nitrogens with zero attached hydrogens (tertiary/aromatic N) is 1. The minimum absolute atomic E-state index is 0.117. The second-order valence-corrected chi connectivity index (χ2v) is 3.27. The summed E-state index contributed by atoms with van der Waals surface area (Å²) >= 11 is 0. The van der Waals surface area contributed by atoms with Crippen LogP contribution in [0.2, 0.25) is 0 Å². The molecule has 1 amide bonds. The topological polar surface area (TPSA) is 46.3 Å². The first-order chi connectivity index (χ1) is 5.82. The summed E-state index contributed by atoms with van der Waals surface area (Å²) in [6.07, 6.45) is -4.14. The molecular formula is C7H11F3N2O. The molecule has 1 heterocycles. The van der Waals surface area contributed by atoms with Gasteiger partial charge in [0.05, 0.1) is 12.0 Å². The van der Waals surface area contributed by atoms with Gasteiger partial charge in [-0.05, 0) is 6.92 Å². The van der Waals surface area contributed by atoms with Gasteiger partial charge in [0.2, 0.25) is 5.91 Å². The quantitative estimate of drug-likeness (QED) is 0.692. The third-order valence-corrected chi connectivity index (χ3v) is 2.33. The molecular weight excluding hydrogens is 185 g/mol. The van der Waals surface area contributed by atoms with Gasteiger partial charge >= 0.3 is 6.18 Å². The number of hydrogen-bond acceptors (Lipinski definition) is 2. The summed E-state index contributed by atoms with van der Waals surface area (Å²) in [6, 6.07) is -0.599. The fourth-order valence-corrected chi connectivity index (χ4v) is 1.22. The lowest BCUT2D eigenvalue weighted by Crippen LogP contribution is -2.59. The molecule has 1 fully saturated rings. The third-order valence-electron chi connectivity index (χ3n) is 2.33. The summed E-state index contributed by atoms with van der Waals surface area (Å²) in [6.45, 7) is 1.27. The highest BCUT2D eigenvalue weighted by molar-refractivity contribution is 5.79. The lowest BCUT2D eigenvalue weighted by atomic mass is 9.97. The van der Waals surface area contributed by atoms with Crippen LogP contribution in [0.4, 0.5) is 13.2 Å². The van der Waals surface area contributed by atoms with Crippen molar-refractivity contribution in [1.29, 1.82) is 0 Å². The Morgan fingerprint density at radius 1 is 1.54 bits per heavy atom. The van der Waals surface area contributed by atoms with E-state index in [1.807, 2.05) is 0 Å². The zero-order chi connectivity index (χ0) is 10.2. The predicted molar refractivity (Wildman–Crippen MR) is 39.8 cm³/mol. The Morgan fingerprint density at radius 2 is 2.00 bits per heavy atom. The SMILES string of the molecule is CC(C(N)=O)N1CC(C(F)(F)F)C1. The van der Waals surface area contributed by atoms with Gasteiger partial charge in [0.25, 0.3) is 0 Å². The smallest absolute Gasteiger partial charge is 0.368 e. The molecule has 1 rings (SSSR count). The summed E-state index contributed by atoms with van der Waals surface area (Å²) in [7, 11) is 0. The van der Waals surface area contributed by atoms with Gasteiger partial charge in [-0.1, -0.05) is 0 Å². The first kappa shape index (κ1) is 10.3. The number of amides is 1. The van der Waals surface area contributed by atoms with Crippen LogP contribution in [-0.2, 0) is 4.79 Å². The summed E-state index contributed by atoms with van der Waals surface area (Å²) in [4.78, 5) is 12.0. The lowest BCUT2D eigenvalue weighted by Gasteiger charge is -2.42. The fourth-order valence-electron chi connectivity index (χ4n) is 1.22. The van der Waals surface area contributed by atoms with Gasteiger partial charge < -0.3 is 5.73 Å². The summed E-state index contributed by atoms with van der Waals surface area (Å²) in [5.74, 6) is -1.88. The van der Waals surface area contributed by atoms with Crippen molar-refractivity contribution in [2.45, 2.75) is 19.1 Å². The zero-order valence-corrected chi connectivity index (χ0v) is 7.14. The fraction of sp³-hybridized carbons (Fsp3) is 0.857. The van der Waals surface area contributed by atoms with Gasteiger partial charge in [-0.2, -0.15) is 13.2 Å². The number of nitrogens with two attached hydrogens (primary N) is 1. The summed E-state index contributed by atoms with van der Waals surface area (Å²) < 4.78 is 36.0. The van der Waals surface area contributed by atoms with Crippen LogP contribution in [0.3, 0.4) is 0 Å². The highest BCUT2D eigenvalue weighted by atomic mass is 19.4. The van der Waals surface area contributed by atoms with Gasteiger partial charge in [0.15, 0.2) is 0 Å². The zero-order valence-electron chi connectivity index (χ0n) is 7.14. The number of primary amides is 1. The molecule has 1 aliphatic heterocycles. The number of hydrogen-bond donors (Lipinski definition) is 1. The van der Waals surface area contributed by atoms with E-state index in [0.717, 1.165) is 0 Å². The van der Waals surface area contributed by atoms with E-state index in [-0.39, 0.29) is 13.1 Å². The second-order valence-electron chi connectivity index (χ2n) is 3.27. The van der Waals surface area contributed by atoms with Crippen LogP contribution in [0, 0.1) is 5.92 Å². The molecule has 0 aromatic heterocycles. The highest BCUT2D eigenvalue weighted by Crippen LogP contribution is 2.34. The summed E-state index contributed by atoms with van der Waals surface area (Å²) in [5.41, 5.74) is 4.94. The Morgan fingerprint density at radius 3 is 2.31 bits per heavy atom.